The normalized spacial score (nSPS) is 39.0. The number of aromatic nitrogens is 1. The van der Waals surface area contributed by atoms with E-state index in [4.69, 9.17) is 18.9 Å². The molecule has 8 atom stereocenters. The van der Waals surface area contributed by atoms with Crippen LogP contribution in [0, 0.1) is 16.7 Å². The van der Waals surface area contributed by atoms with Crippen LogP contribution >= 0.6 is 0 Å². The summed E-state index contributed by atoms with van der Waals surface area (Å²) in [6.07, 6.45) is 3.72. The van der Waals surface area contributed by atoms with Gasteiger partial charge in [0.1, 0.15) is 36.1 Å². The van der Waals surface area contributed by atoms with E-state index in [1.165, 1.54) is 6.20 Å². The zero-order valence-corrected chi connectivity index (χ0v) is 24.4. The Bertz CT molecular complexity index is 1430. The number of fused-ring (bicyclic) bond motifs is 3. The molecule has 2 aliphatic heterocycles. The highest BCUT2D eigenvalue weighted by atomic mass is 16.6. The number of hydrogen-bond donors (Lipinski definition) is 1. The summed E-state index contributed by atoms with van der Waals surface area (Å²) in [5, 5.41) is 12.3. The number of hydrogen-bond acceptors (Lipinski definition) is 9. The predicted octanol–water partition coefficient (Wildman–Crippen LogP) is 4.44. The Morgan fingerprint density at radius 3 is 2.38 bits per heavy atom. The monoisotopic (exact) mass is 575 g/mol. The molecule has 3 heterocycles. The van der Waals surface area contributed by atoms with Crippen molar-refractivity contribution in [1.29, 1.82) is 0 Å². The quantitative estimate of drug-likeness (QED) is 0.320. The van der Waals surface area contributed by atoms with Crippen molar-refractivity contribution in [3.8, 4) is 0 Å². The third kappa shape index (κ3) is 4.20. The van der Waals surface area contributed by atoms with E-state index < -0.39 is 58.2 Å². The highest BCUT2D eigenvalue weighted by Crippen LogP contribution is 2.68. The summed E-state index contributed by atoms with van der Waals surface area (Å²) in [6, 6.07) is 12.1. The highest BCUT2D eigenvalue weighted by molar-refractivity contribution is 5.90. The fourth-order valence-electron chi connectivity index (χ4n) is 8.14. The van der Waals surface area contributed by atoms with Crippen molar-refractivity contribution < 1.29 is 38.4 Å². The first-order chi connectivity index (χ1) is 19.9. The standard InChI is InChI=1S/C33H37NO8/c1-20-12-13-23(40-28(37)21-9-6-5-7-10-21)25-30(2)14-15-33(17-24(35)39-19-33)42-32(30,4)26(36)27(31(20,25)3)41-29(38)22-11-8-16-34-18-22/h5-12,16,18,23,25-27,36H,13-15,17,19H2,1-4H3/t23-,25-,26+,27+,30-,31+,32+,33+/m1/s1. The van der Waals surface area contributed by atoms with Crippen molar-refractivity contribution in [2.75, 3.05) is 6.61 Å². The highest BCUT2D eigenvalue weighted by Gasteiger charge is 2.75. The molecule has 2 aromatic rings. The van der Waals surface area contributed by atoms with Crippen LogP contribution in [-0.4, -0.2) is 64.1 Å². The Balaban J connectivity index is 1.46. The van der Waals surface area contributed by atoms with Gasteiger partial charge >= 0.3 is 17.9 Å². The van der Waals surface area contributed by atoms with Gasteiger partial charge in [-0.25, -0.2) is 9.59 Å². The second-order valence-electron chi connectivity index (χ2n) is 12.9. The Morgan fingerprint density at radius 2 is 1.71 bits per heavy atom. The minimum atomic E-state index is -1.28. The maximum absolute atomic E-state index is 13.5. The molecule has 1 N–H and O–H groups in total. The molecule has 42 heavy (non-hydrogen) atoms. The molecule has 0 amide bonds. The molecular weight excluding hydrogens is 538 g/mol. The average Bonchev–Trinajstić information content (AvgIpc) is 3.35. The van der Waals surface area contributed by atoms with Crippen LogP contribution in [0.1, 0.15) is 74.1 Å². The number of benzene rings is 1. The lowest BCUT2D eigenvalue weighted by Gasteiger charge is -2.69. The first-order valence-electron chi connectivity index (χ1n) is 14.5. The van der Waals surface area contributed by atoms with Gasteiger partial charge in [0.2, 0.25) is 0 Å². The van der Waals surface area contributed by atoms with E-state index in [1.54, 1.807) is 42.6 Å². The Morgan fingerprint density at radius 1 is 1.00 bits per heavy atom. The molecule has 1 aromatic heterocycles. The second-order valence-corrected chi connectivity index (χ2v) is 12.9. The molecule has 9 heteroatoms. The average molecular weight is 576 g/mol. The summed E-state index contributed by atoms with van der Waals surface area (Å²) in [4.78, 5) is 43.2. The van der Waals surface area contributed by atoms with E-state index in [-0.39, 0.29) is 24.6 Å². The zero-order valence-electron chi connectivity index (χ0n) is 24.4. The van der Waals surface area contributed by atoms with Gasteiger partial charge in [-0.1, -0.05) is 43.7 Å². The van der Waals surface area contributed by atoms with Crippen LogP contribution in [0.25, 0.3) is 0 Å². The summed E-state index contributed by atoms with van der Waals surface area (Å²) >= 11 is 0. The van der Waals surface area contributed by atoms with E-state index in [0.717, 1.165) is 5.57 Å². The first-order valence-corrected chi connectivity index (χ1v) is 14.5. The molecule has 3 fully saturated rings. The maximum atomic E-state index is 13.5. The summed E-state index contributed by atoms with van der Waals surface area (Å²) in [5.74, 6) is -1.82. The van der Waals surface area contributed by atoms with Crippen LogP contribution in [0.2, 0.25) is 0 Å². The fourth-order valence-corrected chi connectivity index (χ4v) is 8.14. The molecule has 0 unspecified atom stereocenters. The number of carbonyl (C=O) groups excluding carboxylic acids is 3. The number of pyridine rings is 1. The van der Waals surface area contributed by atoms with E-state index in [9.17, 15) is 19.5 Å². The smallest absolute Gasteiger partial charge is 0.340 e. The van der Waals surface area contributed by atoms with Crippen molar-refractivity contribution in [2.45, 2.75) is 82.9 Å². The molecule has 2 saturated heterocycles. The Labute approximate surface area is 245 Å². The Kier molecular flexibility index (Phi) is 6.81. The van der Waals surface area contributed by atoms with Crippen LogP contribution in [0.15, 0.2) is 66.5 Å². The van der Waals surface area contributed by atoms with Gasteiger partial charge in [0.05, 0.1) is 17.5 Å². The van der Waals surface area contributed by atoms with Crippen LogP contribution < -0.4 is 0 Å². The number of cyclic esters (lactones) is 1. The van der Waals surface area contributed by atoms with Crippen molar-refractivity contribution in [3.63, 3.8) is 0 Å². The van der Waals surface area contributed by atoms with E-state index in [2.05, 4.69) is 11.9 Å². The number of aliphatic hydroxyl groups excluding tert-OH is 1. The zero-order chi connectivity index (χ0) is 29.9. The van der Waals surface area contributed by atoms with Crippen LogP contribution in [-0.2, 0) is 23.7 Å². The van der Waals surface area contributed by atoms with Crippen molar-refractivity contribution in [2.24, 2.45) is 16.7 Å². The minimum Gasteiger partial charge on any atom is -0.463 e. The molecule has 0 bridgehead atoms. The summed E-state index contributed by atoms with van der Waals surface area (Å²) in [6.45, 7) is 7.94. The lowest BCUT2D eigenvalue weighted by molar-refractivity contribution is -0.346. The number of carbonyl (C=O) groups is 3. The Hall–Kier alpha value is -3.56. The maximum Gasteiger partial charge on any atom is 0.340 e. The summed E-state index contributed by atoms with van der Waals surface area (Å²) in [7, 11) is 0. The molecule has 1 saturated carbocycles. The van der Waals surface area contributed by atoms with Gasteiger partial charge in [-0.15, -0.1) is 0 Å². The van der Waals surface area contributed by atoms with Gasteiger partial charge in [-0.2, -0.15) is 0 Å². The third-order valence-corrected chi connectivity index (χ3v) is 10.7. The molecule has 4 aliphatic rings. The van der Waals surface area contributed by atoms with Crippen LogP contribution in [0.3, 0.4) is 0 Å². The SMILES string of the molecule is CC1=CC[C@@H](OC(=O)c2ccccc2)[C@H]2[C@@]1(C)[C@@H](OC(=O)c1cccnc1)[C@H](O)[C@]1(C)O[C@]3(CC[C@]21C)COC(=O)C3. The van der Waals surface area contributed by atoms with Crippen LogP contribution in [0.4, 0.5) is 0 Å². The second kappa shape index (κ2) is 10.0. The van der Waals surface area contributed by atoms with Crippen molar-refractivity contribution in [1.82, 2.24) is 4.98 Å². The molecule has 222 valence electrons. The minimum absolute atomic E-state index is 0.0822. The van der Waals surface area contributed by atoms with E-state index in [0.29, 0.717) is 24.8 Å². The van der Waals surface area contributed by atoms with Crippen molar-refractivity contribution in [3.05, 3.63) is 77.6 Å². The third-order valence-electron chi connectivity index (χ3n) is 10.7. The molecule has 6 rings (SSSR count). The van der Waals surface area contributed by atoms with Gasteiger partial charge < -0.3 is 24.1 Å². The lowest BCUT2D eigenvalue weighted by Crippen LogP contribution is -2.78. The number of esters is 3. The number of ether oxygens (including phenoxy) is 4. The topological polar surface area (TPSA) is 121 Å². The molecule has 1 aromatic carbocycles. The van der Waals surface area contributed by atoms with Gasteiger partial charge in [0.15, 0.2) is 0 Å². The molecular formula is C33H37NO8. The summed E-state index contributed by atoms with van der Waals surface area (Å²) < 4.78 is 24.7. The molecule has 2 aliphatic carbocycles. The molecule has 9 nitrogen and oxygen atoms in total. The molecule has 1 spiro atoms. The van der Waals surface area contributed by atoms with Gasteiger partial charge in [0, 0.05) is 35.6 Å². The number of aliphatic hydroxyl groups is 1. The van der Waals surface area contributed by atoms with Gasteiger partial charge in [-0.3, -0.25) is 9.78 Å². The first kappa shape index (κ1) is 28.6. The van der Waals surface area contributed by atoms with Gasteiger partial charge in [-0.05, 0) is 51.0 Å². The van der Waals surface area contributed by atoms with Gasteiger partial charge in [0.25, 0.3) is 0 Å². The summed E-state index contributed by atoms with van der Waals surface area (Å²) in [5.41, 5.74) is -2.21. The van der Waals surface area contributed by atoms with Crippen molar-refractivity contribution >= 4 is 17.9 Å². The fraction of sp³-hybridized carbons (Fsp3) is 0.515. The van der Waals surface area contributed by atoms with E-state index >= 15 is 0 Å². The largest absolute Gasteiger partial charge is 0.463 e. The molecule has 0 radical (unpaired) electrons. The predicted molar refractivity (Wildman–Crippen MR) is 150 cm³/mol. The van der Waals surface area contributed by atoms with Crippen LogP contribution in [0.5, 0.6) is 0 Å². The lowest BCUT2D eigenvalue weighted by atomic mass is 9.42. The number of nitrogens with zero attached hydrogens (tertiary/aromatic N) is 1. The number of rotatable bonds is 4. The van der Waals surface area contributed by atoms with E-state index in [1.807, 2.05) is 32.9 Å².